The lowest BCUT2D eigenvalue weighted by atomic mass is 10.3. The lowest BCUT2D eigenvalue weighted by Crippen LogP contribution is -2.25. The molecule has 1 N–H and O–H groups in total. The highest BCUT2D eigenvalue weighted by molar-refractivity contribution is 5.66. The summed E-state index contributed by atoms with van der Waals surface area (Å²) in [5, 5.41) is 2.58. The second-order valence-electron chi connectivity index (χ2n) is 1.92. The van der Waals surface area contributed by atoms with Crippen LogP contribution in [0.3, 0.4) is 0 Å². The zero-order valence-corrected chi connectivity index (χ0v) is 6.35. The standard InChI is InChI=1S/C7H14NO2/c1-3-5-6-8-7(9)10-4-2/h2-6H2,1H3,(H,8,9). The highest BCUT2D eigenvalue weighted by atomic mass is 16.5. The van der Waals surface area contributed by atoms with Crippen molar-refractivity contribution >= 4 is 6.09 Å². The Bertz CT molecular complexity index is 93.6. The maximum absolute atomic E-state index is 10.5. The predicted octanol–water partition coefficient (Wildman–Crippen LogP) is 1.35. The molecule has 0 atom stereocenters. The Morgan fingerprint density at radius 2 is 2.40 bits per heavy atom. The fraction of sp³-hybridized carbons (Fsp3) is 0.714. The summed E-state index contributed by atoms with van der Waals surface area (Å²) in [6.45, 7) is 6.32. The Morgan fingerprint density at radius 3 is 2.90 bits per heavy atom. The van der Waals surface area contributed by atoms with Crippen molar-refractivity contribution in [3.05, 3.63) is 6.92 Å². The first kappa shape index (κ1) is 9.27. The number of amides is 1. The van der Waals surface area contributed by atoms with E-state index < -0.39 is 0 Å². The summed E-state index contributed by atoms with van der Waals surface area (Å²) < 4.78 is 4.53. The van der Waals surface area contributed by atoms with Gasteiger partial charge in [0.1, 0.15) is 0 Å². The van der Waals surface area contributed by atoms with Gasteiger partial charge in [0.2, 0.25) is 0 Å². The van der Waals surface area contributed by atoms with Crippen molar-refractivity contribution in [3.63, 3.8) is 0 Å². The van der Waals surface area contributed by atoms with Gasteiger partial charge in [-0.25, -0.2) is 4.79 Å². The Balaban J connectivity index is 3.05. The minimum Gasteiger partial charge on any atom is -0.450 e. The number of unbranched alkanes of at least 4 members (excludes halogenated alkanes) is 1. The first-order valence-corrected chi connectivity index (χ1v) is 3.51. The number of carbonyl (C=O) groups is 1. The predicted molar refractivity (Wildman–Crippen MR) is 39.6 cm³/mol. The van der Waals surface area contributed by atoms with Crippen LogP contribution in [0.2, 0.25) is 0 Å². The van der Waals surface area contributed by atoms with E-state index in [1.165, 1.54) is 0 Å². The molecule has 0 aromatic heterocycles. The largest absolute Gasteiger partial charge is 0.450 e. The van der Waals surface area contributed by atoms with Crippen molar-refractivity contribution in [3.8, 4) is 0 Å². The van der Waals surface area contributed by atoms with Crippen molar-refractivity contribution < 1.29 is 9.53 Å². The molecule has 1 amide bonds. The van der Waals surface area contributed by atoms with Gasteiger partial charge < -0.3 is 10.1 Å². The quantitative estimate of drug-likeness (QED) is 0.605. The third kappa shape index (κ3) is 5.41. The van der Waals surface area contributed by atoms with Gasteiger partial charge in [-0.2, -0.15) is 0 Å². The molecule has 0 aliphatic rings. The van der Waals surface area contributed by atoms with Gasteiger partial charge in [0.25, 0.3) is 0 Å². The van der Waals surface area contributed by atoms with Gasteiger partial charge >= 0.3 is 6.09 Å². The highest BCUT2D eigenvalue weighted by Crippen LogP contribution is 1.83. The molecule has 0 rings (SSSR count). The van der Waals surface area contributed by atoms with Crippen LogP contribution in [0.1, 0.15) is 19.8 Å². The summed E-state index contributed by atoms with van der Waals surface area (Å²) in [7, 11) is 0. The molecule has 0 saturated carbocycles. The Kier molecular flexibility index (Phi) is 5.92. The van der Waals surface area contributed by atoms with Gasteiger partial charge in [-0.15, -0.1) is 0 Å². The Morgan fingerprint density at radius 1 is 1.70 bits per heavy atom. The van der Waals surface area contributed by atoms with Crippen LogP contribution in [-0.2, 0) is 4.74 Å². The minimum absolute atomic E-state index is 0.192. The zero-order valence-electron chi connectivity index (χ0n) is 6.35. The molecular formula is C7H14NO2. The molecule has 0 bridgehead atoms. The number of hydrogen-bond donors (Lipinski definition) is 1. The van der Waals surface area contributed by atoms with Crippen molar-refractivity contribution in [2.24, 2.45) is 0 Å². The van der Waals surface area contributed by atoms with Crippen LogP contribution < -0.4 is 5.32 Å². The van der Waals surface area contributed by atoms with Gasteiger partial charge in [-0.1, -0.05) is 13.3 Å². The summed E-state index contributed by atoms with van der Waals surface area (Å²) in [6.07, 6.45) is 1.69. The molecule has 0 heterocycles. The number of carbonyl (C=O) groups excluding carboxylic acids is 1. The molecular weight excluding hydrogens is 130 g/mol. The fourth-order valence-corrected chi connectivity index (χ4v) is 0.511. The van der Waals surface area contributed by atoms with Crippen LogP contribution in [0.4, 0.5) is 4.79 Å². The molecule has 3 heteroatoms. The first-order chi connectivity index (χ1) is 4.81. The van der Waals surface area contributed by atoms with E-state index in [9.17, 15) is 4.79 Å². The Labute approximate surface area is 61.8 Å². The maximum atomic E-state index is 10.5. The monoisotopic (exact) mass is 144 g/mol. The van der Waals surface area contributed by atoms with Crippen molar-refractivity contribution in [2.75, 3.05) is 13.2 Å². The average Bonchev–Trinajstić information content (AvgIpc) is 1.89. The Hall–Kier alpha value is -0.730. The van der Waals surface area contributed by atoms with E-state index in [1.807, 2.05) is 0 Å². The molecule has 0 fully saturated rings. The number of ether oxygens (including phenoxy) is 1. The van der Waals surface area contributed by atoms with Crippen molar-refractivity contribution in [1.29, 1.82) is 0 Å². The second kappa shape index (κ2) is 6.39. The highest BCUT2D eigenvalue weighted by Gasteiger charge is 1.95. The summed E-state index contributed by atoms with van der Waals surface area (Å²) in [5.41, 5.74) is 0. The molecule has 1 radical (unpaired) electrons. The molecule has 0 aromatic carbocycles. The number of rotatable bonds is 4. The number of hydrogen-bond acceptors (Lipinski definition) is 2. The van der Waals surface area contributed by atoms with Gasteiger partial charge in [0, 0.05) is 6.54 Å². The topological polar surface area (TPSA) is 38.3 Å². The van der Waals surface area contributed by atoms with E-state index >= 15 is 0 Å². The second-order valence-corrected chi connectivity index (χ2v) is 1.92. The normalized spacial score (nSPS) is 9.00. The van der Waals surface area contributed by atoms with E-state index in [4.69, 9.17) is 0 Å². The van der Waals surface area contributed by atoms with Crippen LogP contribution in [0.25, 0.3) is 0 Å². The van der Waals surface area contributed by atoms with Crippen LogP contribution in [0, 0.1) is 6.92 Å². The van der Waals surface area contributed by atoms with Gasteiger partial charge in [-0.3, -0.25) is 0 Å². The van der Waals surface area contributed by atoms with Gasteiger partial charge in [0.05, 0.1) is 6.61 Å². The number of nitrogens with one attached hydrogen (secondary N) is 1. The van der Waals surface area contributed by atoms with Gasteiger partial charge in [-0.05, 0) is 13.3 Å². The molecule has 0 saturated heterocycles. The van der Waals surface area contributed by atoms with E-state index in [2.05, 4.69) is 23.9 Å². The van der Waals surface area contributed by atoms with Crippen LogP contribution >= 0.6 is 0 Å². The average molecular weight is 144 g/mol. The fourth-order valence-electron chi connectivity index (χ4n) is 0.511. The van der Waals surface area contributed by atoms with E-state index in [0.717, 1.165) is 12.8 Å². The van der Waals surface area contributed by atoms with Crippen molar-refractivity contribution in [2.45, 2.75) is 19.8 Å². The lowest BCUT2D eigenvalue weighted by Gasteiger charge is -2.02. The summed E-state index contributed by atoms with van der Waals surface area (Å²) in [5.74, 6) is 0. The summed E-state index contributed by atoms with van der Waals surface area (Å²) in [6, 6.07) is 0. The summed E-state index contributed by atoms with van der Waals surface area (Å²) >= 11 is 0. The van der Waals surface area contributed by atoms with Crippen LogP contribution in [0.5, 0.6) is 0 Å². The van der Waals surface area contributed by atoms with E-state index in [1.54, 1.807) is 0 Å². The third-order valence-corrected chi connectivity index (χ3v) is 1.03. The minimum atomic E-state index is -0.372. The third-order valence-electron chi connectivity index (χ3n) is 1.03. The van der Waals surface area contributed by atoms with Crippen LogP contribution in [0.15, 0.2) is 0 Å². The first-order valence-electron chi connectivity index (χ1n) is 3.51. The maximum Gasteiger partial charge on any atom is 0.407 e. The molecule has 0 aliphatic heterocycles. The van der Waals surface area contributed by atoms with Crippen LogP contribution in [-0.4, -0.2) is 19.2 Å². The molecule has 0 aliphatic carbocycles. The molecule has 3 nitrogen and oxygen atoms in total. The summed E-state index contributed by atoms with van der Waals surface area (Å²) in [4.78, 5) is 10.5. The molecule has 10 heavy (non-hydrogen) atoms. The van der Waals surface area contributed by atoms with E-state index in [-0.39, 0.29) is 12.7 Å². The van der Waals surface area contributed by atoms with Gasteiger partial charge in [0.15, 0.2) is 0 Å². The SMILES string of the molecule is [CH2]COC(=O)NCCCC. The molecule has 0 spiro atoms. The lowest BCUT2D eigenvalue weighted by molar-refractivity contribution is 0.157. The molecule has 0 unspecified atom stereocenters. The molecule has 59 valence electrons. The number of alkyl carbamates (subject to hydrolysis) is 1. The smallest absolute Gasteiger partial charge is 0.407 e. The zero-order chi connectivity index (χ0) is 7.82. The molecule has 0 aromatic rings. The van der Waals surface area contributed by atoms with E-state index in [0.29, 0.717) is 6.54 Å². The van der Waals surface area contributed by atoms with Crippen molar-refractivity contribution in [1.82, 2.24) is 5.32 Å².